The minimum absolute atomic E-state index is 0.0570. The molecule has 8 nitrogen and oxygen atoms in total. The minimum atomic E-state index is -0.700. The number of aliphatic hydroxyl groups excluding tert-OH is 2. The van der Waals surface area contributed by atoms with Gasteiger partial charge in [-0.15, -0.1) is 0 Å². The van der Waals surface area contributed by atoms with Crippen molar-refractivity contribution < 1.29 is 15.1 Å². The van der Waals surface area contributed by atoms with Crippen LogP contribution in [0.15, 0.2) is 12.4 Å². The lowest BCUT2D eigenvalue weighted by molar-refractivity contribution is -0.385. The van der Waals surface area contributed by atoms with Gasteiger partial charge < -0.3 is 15.5 Å². The standard InChI is InChI=1S/C11H20N4O4/c1-11(2,8-16)7-12-4-10(17)6-14-5-9(3-13-14)15(18)19/h3,5,10,12,16-17H,4,6-8H2,1-2H3. The van der Waals surface area contributed by atoms with Crippen LogP contribution in [0.25, 0.3) is 0 Å². The van der Waals surface area contributed by atoms with E-state index in [-0.39, 0.29) is 24.3 Å². The lowest BCUT2D eigenvalue weighted by Gasteiger charge is -2.23. The Morgan fingerprint density at radius 1 is 1.63 bits per heavy atom. The summed E-state index contributed by atoms with van der Waals surface area (Å²) in [6.45, 7) is 4.95. The van der Waals surface area contributed by atoms with Gasteiger partial charge in [-0.1, -0.05) is 13.8 Å². The van der Waals surface area contributed by atoms with Crippen LogP contribution >= 0.6 is 0 Å². The van der Waals surface area contributed by atoms with Crippen LogP contribution < -0.4 is 5.32 Å². The van der Waals surface area contributed by atoms with E-state index in [1.54, 1.807) is 0 Å². The molecule has 19 heavy (non-hydrogen) atoms. The van der Waals surface area contributed by atoms with Gasteiger partial charge in [0.25, 0.3) is 0 Å². The van der Waals surface area contributed by atoms with Crippen molar-refractivity contribution in [2.45, 2.75) is 26.5 Å². The van der Waals surface area contributed by atoms with Crippen LogP contribution in [0.5, 0.6) is 0 Å². The number of nitrogens with one attached hydrogen (secondary N) is 1. The Kier molecular flexibility index (Phi) is 5.40. The maximum atomic E-state index is 10.5. The van der Waals surface area contributed by atoms with E-state index < -0.39 is 11.0 Å². The second kappa shape index (κ2) is 6.60. The van der Waals surface area contributed by atoms with E-state index in [2.05, 4.69) is 10.4 Å². The van der Waals surface area contributed by atoms with Crippen LogP contribution in [0, 0.1) is 15.5 Å². The fourth-order valence-electron chi connectivity index (χ4n) is 1.46. The van der Waals surface area contributed by atoms with Gasteiger partial charge in [-0.05, 0) is 0 Å². The fourth-order valence-corrected chi connectivity index (χ4v) is 1.46. The smallest absolute Gasteiger partial charge is 0.306 e. The first kappa shape index (κ1) is 15.5. The largest absolute Gasteiger partial charge is 0.396 e. The highest BCUT2D eigenvalue weighted by atomic mass is 16.6. The van der Waals surface area contributed by atoms with E-state index >= 15 is 0 Å². The summed E-state index contributed by atoms with van der Waals surface area (Å²) in [7, 11) is 0. The van der Waals surface area contributed by atoms with Crippen molar-refractivity contribution in [1.82, 2.24) is 15.1 Å². The van der Waals surface area contributed by atoms with Crippen LogP contribution in [0.4, 0.5) is 5.69 Å². The molecule has 108 valence electrons. The summed E-state index contributed by atoms with van der Waals surface area (Å²) in [5.74, 6) is 0. The van der Waals surface area contributed by atoms with Crippen molar-refractivity contribution in [3.8, 4) is 0 Å². The molecule has 0 fully saturated rings. The molecule has 1 rings (SSSR count). The van der Waals surface area contributed by atoms with E-state index in [1.165, 1.54) is 10.9 Å². The van der Waals surface area contributed by atoms with E-state index in [1.807, 2.05) is 13.8 Å². The Bertz CT molecular complexity index is 419. The average Bonchev–Trinajstić information content (AvgIpc) is 2.77. The number of nitrogens with zero attached hydrogens (tertiary/aromatic N) is 3. The molecule has 1 heterocycles. The molecule has 0 amide bonds. The molecule has 3 N–H and O–H groups in total. The second-order valence-corrected chi connectivity index (χ2v) is 5.28. The molecule has 1 aromatic heterocycles. The number of nitro groups is 1. The highest BCUT2D eigenvalue weighted by Crippen LogP contribution is 2.11. The molecule has 8 heteroatoms. The maximum absolute atomic E-state index is 10.5. The fraction of sp³-hybridized carbons (Fsp3) is 0.727. The van der Waals surface area contributed by atoms with Crippen molar-refractivity contribution in [2.75, 3.05) is 19.7 Å². The quantitative estimate of drug-likeness (QED) is 0.444. The second-order valence-electron chi connectivity index (χ2n) is 5.28. The molecule has 0 aromatic carbocycles. The molecule has 0 aliphatic heterocycles. The summed E-state index contributed by atoms with van der Waals surface area (Å²) in [6.07, 6.45) is 1.73. The monoisotopic (exact) mass is 272 g/mol. The Morgan fingerprint density at radius 3 is 2.84 bits per heavy atom. The molecule has 0 spiro atoms. The van der Waals surface area contributed by atoms with Gasteiger partial charge in [0.1, 0.15) is 12.4 Å². The summed E-state index contributed by atoms with van der Waals surface area (Å²) in [5, 5.41) is 36.1. The number of rotatable bonds is 8. The number of hydrogen-bond donors (Lipinski definition) is 3. The summed E-state index contributed by atoms with van der Waals surface area (Å²) >= 11 is 0. The zero-order valence-corrected chi connectivity index (χ0v) is 11.1. The number of aromatic nitrogens is 2. The Hall–Kier alpha value is -1.51. The zero-order chi connectivity index (χ0) is 14.5. The summed E-state index contributed by atoms with van der Waals surface area (Å²) in [6, 6.07) is 0. The molecule has 0 aliphatic carbocycles. The first-order chi connectivity index (χ1) is 8.84. The van der Waals surface area contributed by atoms with E-state index in [4.69, 9.17) is 5.11 Å². The van der Waals surface area contributed by atoms with Crippen molar-refractivity contribution in [3.05, 3.63) is 22.5 Å². The molecule has 1 atom stereocenters. The van der Waals surface area contributed by atoms with Crippen molar-refractivity contribution >= 4 is 5.69 Å². The van der Waals surface area contributed by atoms with Crippen LogP contribution in [0.3, 0.4) is 0 Å². The molecular formula is C11H20N4O4. The average molecular weight is 272 g/mol. The highest BCUT2D eigenvalue weighted by Gasteiger charge is 2.17. The van der Waals surface area contributed by atoms with Gasteiger partial charge in [0, 0.05) is 25.1 Å². The van der Waals surface area contributed by atoms with Crippen molar-refractivity contribution in [2.24, 2.45) is 5.41 Å². The van der Waals surface area contributed by atoms with Crippen molar-refractivity contribution in [3.63, 3.8) is 0 Å². The van der Waals surface area contributed by atoms with Crippen LogP contribution in [-0.2, 0) is 6.54 Å². The normalized spacial score (nSPS) is 13.5. The topological polar surface area (TPSA) is 113 Å². The molecule has 0 aliphatic rings. The number of aliphatic hydroxyl groups is 2. The third-order valence-electron chi connectivity index (χ3n) is 2.64. The van der Waals surface area contributed by atoms with Gasteiger partial charge in [0.15, 0.2) is 0 Å². The highest BCUT2D eigenvalue weighted by molar-refractivity contribution is 5.20. The Balaban J connectivity index is 2.34. The molecule has 0 saturated carbocycles. The predicted molar refractivity (Wildman–Crippen MR) is 68.6 cm³/mol. The van der Waals surface area contributed by atoms with E-state index in [9.17, 15) is 15.2 Å². The maximum Gasteiger partial charge on any atom is 0.306 e. The first-order valence-electron chi connectivity index (χ1n) is 6.00. The third-order valence-corrected chi connectivity index (χ3v) is 2.64. The lowest BCUT2D eigenvalue weighted by atomic mass is 9.95. The zero-order valence-electron chi connectivity index (χ0n) is 11.1. The summed E-state index contributed by atoms with van der Waals surface area (Å²) in [4.78, 5) is 9.94. The molecule has 0 radical (unpaired) electrons. The van der Waals surface area contributed by atoms with Gasteiger partial charge in [0.05, 0.1) is 17.6 Å². The van der Waals surface area contributed by atoms with Gasteiger partial charge in [-0.3, -0.25) is 14.8 Å². The number of hydrogen-bond acceptors (Lipinski definition) is 6. The van der Waals surface area contributed by atoms with Crippen LogP contribution in [-0.4, -0.2) is 50.7 Å². The van der Waals surface area contributed by atoms with E-state index in [0.717, 1.165) is 6.20 Å². The molecule has 0 saturated heterocycles. The summed E-state index contributed by atoms with van der Waals surface area (Å²) < 4.78 is 1.33. The molecule has 1 aromatic rings. The van der Waals surface area contributed by atoms with Gasteiger partial charge in [-0.2, -0.15) is 5.10 Å². The van der Waals surface area contributed by atoms with Gasteiger partial charge in [0.2, 0.25) is 0 Å². The molecular weight excluding hydrogens is 252 g/mol. The Morgan fingerprint density at radius 2 is 2.32 bits per heavy atom. The molecule has 1 unspecified atom stereocenters. The van der Waals surface area contributed by atoms with Crippen molar-refractivity contribution in [1.29, 1.82) is 0 Å². The molecule has 0 bridgehead atoms. The lowest BCUT2D eigenvalue weighted by Crippen LogP contribution is -2.37. The van der Waals surface area contributed by atoms with Crippen LogP contribution in [0.2, 0.25) is 0 Å². The predicted octanol–water partition coefficient (Wildman–Crippen LogP) is -0.240. The first-order valence-corrected chi connectivity index (χ1v) is 6.00. The van der Waals surface area contributed by atoms with Gasteiger partial charge >= 0.3 is 5.69 Å². The SMILES string of the molecule is CC(C)(CO)CNCC(O)Cn1cc([N+](=O)[O-])cn1. The minimum Gasteiger partial charge on any atom is -0.396 e. The van der Waals surface area contributed by atoms with Crippen LogP contribution in [0.1, 0.15) is 13.8 Å². The van der Waals surface area contributed by atoms with Gasteiger partial charge in [-0.25, -0.2) is 0 Å². The third kappa shape index (κ3) is 5.33. The van der Waals surface area contributed by atoms with E-state index in [0.29, 0.717) is 13.1 Å². The summed E-state index contributed by atoms with van der Waals surface area (Å²) in [5.41, 5.74) is -0.342. The Labute approximate surface area is 111 Å².